The van der Waals surface area contributed by atoms with E-state index in [0.717, 1.165) is 5.69 Å². The standard InChI is InChI=1S/C13H20N2O2S2/c1-2-19(16,17)15-13-5-3-11(4-6-13)14-12-7-9-18-10-8-12/h3-6,12,14-15H,2,7-10H2,1H3. The van der Waals surface area contributed by atoms with E-state index in [4.69, 9.17) is 0 Å². The average molecular weight is 300 g/mol. The van der Waals surface area contributed by atoms with Gasteiger partial charge in [-0.1, -0.05) is 0 Å². The highest BCUT2D eigenvalue weighted by atomic mass is 32.2. The van der Waals surface area contributed by atoms with Gasteiger partial charge in [0.15, 0.2) is 0 Å². The molecule has 19 heavy (non-hydrogen) atoms. The minimum absolute atomic E-state index is 0.0900. The first-order valence-corrected chi connectivity index (χ1v) is 9.34. The Labute approximate surface area is 119 Å². The van der Waals surface area contributed by atoms with Crippen LogP contribution in [0.25, 0.3) is 0 Å². The quantitative estimate of drug-likeness (QED) is 0.878. The molecule has 0 atom stereocenters. The van der Waals surface area contributed by atoms with Crippen molar-refractivity contribution in [1.82, 2.24) is 0 Å². The maximum Gasteiger partial charge on any atom is 0.232 e. The summed E-state index contributed by atoms with van der Waals surface area (Å²) < 4.78 is 25.4. The lowest BCUT2D eigenvalue weighted by molar-refractivity contribution is 0.602. The molecule has 0 unspecified atom stereocenters. The van der Waals surface area contributed by atoms with E-state index >= 15 is 0 Å². The molecule has 0 aliphatic carbocycles. The van der Waals surface area contributed by atoms with Crippen LogP contribution in [0.2, 0.25) is 0 Å². The molecule has 1 aliphatic rings. The monoisotopic (exact) mass is 300 g/mol. The van der Waals surface area contributed by atoms with E-state index in [1.54, 1.807) is 19.1 Å². The maximum atomic E-state index is 11.4. The Balaban J connectivity index is 1.94. The Morgan fingerprint density at radius 1 is 1.16 bits per heavy atom. The van der Waals surface area contributed by atoms with Crippen molar-refractivity contribution < 1.29 is 8.42 Å². The van der Waals surface area contributed by atoms with Crippen molar-refractivity contribution in [2.24, 2.45) is 0 Å². The second-order valence-electron chi connectivity index (χ2n) is 4.61. The highest BCUT2D eigenvalue weighted by Crippen LogP contribution is 2.22. The van der Waals surface area contributed by atoms with Gasteiger partial charge in [-0.3, -0.25) is 4.72 Å². The molecular weight excluding hydrogens is 280 g/mol. The summed E-state index contributed by atoms with van der Waals surface area (Å²) in [5, 5.41) is 3.49. The van der Waals surface area contributed by atoms with Crippen LogP contribution in [0.3, 0.4) is 0 Å². The molecule has 1 saturated heterocycles. The molecule has 1 aromatic carbocycles. The number of benzene rings is 1. The summed E-state index contributed by atoms with van der Waals surface area (Å²) in [6, 6.07) is 7.99. The Morgan fingerprint density at radius 3 is 2.32 bits per heavy atom. The Morgan fingerprint density at radius 2 is 1.74 bits per heavy atom. The number of thioether (sulfide) groups is 1. The fourth-order valence-corrected chi connectivity index (χ4v) is 3.71. The van der Waals surface area contributed by atoms with Crippen molar-refractivity contribution in [2.45, 2.75) is 25.8 Å². The van der Waals surface area contributed by atoms with Crippen LogP contribution in [0.1, 0.15) is 19.8 Å². The van der Waals surface area contributed by atoms with E-state index in [1.807, 2.05) is 23.9 Å². The lowest BCUT2D eigenvalue weighted by Gasteiger charge is -2.23. The van der Waals surface area contributed by atoms with E-state index in [1.165, 1.54) is 24.3 Å². The van der Waals surface area contributed by atoms with Crippen molar-refractivity contribution in [3.8, 4) is 0 Å². The number of anilines is 2. The normalized spacial score (nSPS) is 17.1. The molecule has 1 fully saturated rings. The molecular formula is C13H20N2O2S2. The smallest absolute Gasteiger partial charge is 0.232 e. The Hall–Kier alpha value is -0.880. The van der Waals surface area contributed by atoms with Crippen molar-refractivity contribution in [3.63, 3.8) is 0 Å². The van der Waals surface area contributed by atoms with Crippen LogP contribution in [0.4, 0.5) is 11.4 Å². The van der Waals surface area contributed by atoms with Gasteiger partial charge in [0.05, 0.1) is 5.75 Å². The molecule has 0 saturated carbocycles. The van der Waals surface area contributed by atoms with Crippen LogP contribution in [0.5, 0.6) is 0 Å². The van der Waals surface area contributed by atoms with Gasteiger partial charge < -0.3 is 5.32 Å². The predicted molar refractivity (Wildman–Crippen MR) is 83.5 cm³/mol. The van der Waals surface area contributed by atoms with Crippen molar-refractivity contribution >= 4 is 33.2 Å². The van der Waals surface area contributed by atoms with Gasteiger partial charge in [-0.25, -0.2) is 8.42 Å². The topological polar surface area (TPSA) is 58.2 Å². The van der Waals surface area contributed by atoms with Crippen LogP contribution in [0, 0.1) is 0 Å². The van der Waals surface area contributed by atoms with Gasteiger partial charge in [0, 0.05) is 17.4 Å². The van der Waals surface area contributed by atoms with Crippen molar-refractivity contribution in [1.29, 1.82) is 0 Å². The summed E-state index contributed by atoms with van der Waals surface area (Å²) in [5.74, 6) is 2.52. The van der Waals surface area contributed by atoms with Gasteiger partial charge in [-0.15, -0.1) is 0 Å². The number of hydrogen-bond acceptors (Lipinski definition) is 4. The third kappa shape index (κ3) is 4.62. The molecule has 1 aromatic rings. The van der Waals surface area contributed by atoms with Crippen LogP contribution in [0.15, 0.2) is 24.3 Å². The van der Waals surface area contributed by atoms with Gasteiger partial charge in [-0.05, 0) is 55.5 Å². The third-order valence-electron chi connectivity index (χ3n) is 3.13. The fraction of sp³-hybridized carbons (Fsp3) is 0.538. The minimum atomic E-state index is -3.19. The van der Waals surface area contributed by atoms with Gasteiger partial charge in [0.25, 0.3) is 0 Å². The molecule has 2 rings (SSSR count). The molecule has 1 aliphatic heterocycles. The Bertz CT molecular complexity index is 494. The number of nitrogens with one attached hydrogen (secondary N) is 2. The molecule has 0 spiro atoms. The largest absolute Gasteiger partial charge is 0.382 e. The second-order valence-corrected chi connectivity index (χ2v) is 7.85. The zero-order chi connectivity index (χ0) is 13.7. The molecule has 106 valence electrons. The summed E-state index contributed by atoms with van der Waals surface area (Å²) in [5.41, 5.74) is 1.67. The highest BCUT2D eigenvalue weighted by molar-refractivity contribution is 7.99. The SMILES string of the molecule is CCS(=O)(=O)Nc1ccc(NC2CCSCC2)cc1. The van der Waals surface area contributed by atoms with Gasteiger partial charge in [0.1, 0.15) is 0 Å². The van der Waals surface area contributed by atoms with E-state index in [9.17, 15) is 8.42 Å². The minimum Gasteiger partial charge on any atom is -0.382 e. The molecule has 0 radical (unpaired) electrons. The average Bonchev–Trinajstić information content (AvgIpc) is 2.42. The molecule has 6 heteroatoms. The number of rotatable bonds is 5. The van der Waals surface area contributed by atoms with Crippen LogP contribution in [-0.2, 0) is 10.0 Å². The molecule has 0 bridgehead atoms. The molecule has 0 aromatic heterocycles. The molecule has 2 N–H and O–H groups in total. The Kier molecular flexibility index (Phi) is 4.99. The first-order valence-electron chi connectivity index (χ1n) is 6.54. The second kappa shape index (κ2) is 6.52. The van der Waals surface area contributed by atoms with Crippen LogP contribution >= 0.6 is 11.8 Å². The lowest BCUT2D eigenvalue weighted by Crippen LogP contribution is -2.24. The molecule has 1 heterocycles. The molecule has 4 nitrogen and oxygen atoms in total. The summed E-state index contributed by atoms with van der Waals surface area (Å²) in [7, 11) is -3.19. The summed E-state index contributed by atoms with van der Waals surface area (Å²) in [4.78, 5) is 0. The zero-order valence-corrected chi connectivity index (χ0v) is 12.7. The summed E-state index contributed by atoms with van der Waals surface area (Å²) >= 11 is 2.00. The highest BCUT2D eigenvalue weighted by Gasteiger charge is 2.13. The van der Waals surface area contributed by atoms with Crippen molar-refractivity contribution in [3.05, 3.63) is 24.3 Å². The van der Waals surface area contributed by atoms with Gasteiger partial charge >= 0.3 is 0 Å². The van der Waals surface area contributed by atoms with E-state index in [0.29, 0.717) is 11.7 Å². The predicted octanol–water partition coefficient (Wildman–Crippen LogP) is 2.76. The number of sulfonamides is 1. The van der Waals surface area contributed by atoms with Gasteiger partial charge in [-0.2, -0.15) is 11.8 Å². The first-order chi connectivity index (χ1) is 9.09. The van der Waals surface area contributed by atoms with E-state index < -0.39 is 10.0 Å². The van der Waals surface area contributed by atoms with E-state index in [-0.39, 0.29) is 5.75 Å². The summed E-state index contributed by atoms with van der Waals surface area (Å²) in [6.45, 7) is 1.62. The van der Waals surface area contributed by atoms with Crippen LogP contribution < -0.4 is 10.0 Å². The maximum absolute atomic E-state index is 11.4. The zero-order valence-electron chi connectivity index (χ0n) is 11.1. The van der Waals surface area contributed by atoms with Gasteiger partial charge in [0.2, 0.25) is 10.0 Å². The number of hydrogen-bond donors (Lipinski definition) is 2. The third-order valence-corrected chi connectivity index (χ3v) is 5.49. The lowest BCUT2D eigenvalue weighted by atomic mass is 10.1. The van der Waals surface area contributed by atoms with Crippen molar-refractivity contribution in [2.75, 3.05) is 27.3 Å². The van der Waals surface area contributed by atoms with E-state index in [2.05, 4.69) is 10.0 Å². The molecule has 0 amide bonds. The fourth-order valence-electron chi connectivity index (χ4n) is 1.96. The van der Waals surface area contributed by atoms with Crippen LogP contribution in [-0.4, -0.2) is 31.7 Å². The first kappa shape index (κ1) is 14.5. The summed E-state index contributed by atoms with van der Waals surface area (Å²) in [6.07, 6.45) is 2.38.